The molecule has 1 amide bonds. The van der Waals surface area contributed by atoms with Gasteiger partial charge in [-0.1, -0.05) is 59.8 Å². The number of thiophene rings is 1. The predicted octanol–water partition coefficient (Wildman–Crippen LogP) is 6.48. The zero-order valence-corrected chi connectivity index (χ0v) is 21.8. The van der Waals surface area contributed by atoms with E-state index in [0.29, 0.717) is 16.7 Å². The van der Waals surface area contributed by atoms with Crippen LogP contribution in [0.25, 0.3) is 0 Å². The maximum absolute atomic E-state index is 13.6. The summed E-state index contributed by atoms with van der Waals surface area (Å²) in [6.07, 6.45) is 0. The molecule has 0 spiro atoms. The number of para-hydroxylation sites is 1. The van der Waals surface area contributed by atoms with Gasteiger partial charge in [0.05, 0.1) is 5.57 Å². The lowest BCUT2D eigenvalue weighted by Gasteiger charge is -2.27. The van der Waals surface area contributed by atoms with E-state index in [4.69, 9.17) is 10.1 Å². The van der Waals surface area contributed by atoms with E-state index < -0.39 is 0 Å². The topological polar surface area (TPSA) is 71.8 Å². The fourth-order valence-electron chi connectivity index (χ4n) is 4.20. The van der Waals surface area contributed by atoms with Crippen LogP contribution in [0, 0.1) is 20.8 Å². The van der Waals surface area contributed by atoms with E-state index in [1.165, 1.54) is 16.7 Å². The van der Waals surface area contributed by atoms with Crippen LogP contribution in [0.3, 0.4) is 0 Å². The summed E-state index contributed by atoms with van der Waals surface area (Å²) >= 11 is 3.22. The fraction of sp³-hybridized carbons (Fsp3) is 0.222. The summed E-state index contributed by atoms with van der Waals surface area (Å²) in [5.74, 6) is 1.29. The zero-order valence-electron chi connectivity index (χ0n) is 20.1. The van der Waals surface area contributed by atoms with Crippen molar-refractivity contribution in [2.24, 2.45) is 0 Å². The van der Waals surface area contributed by atoms with E-state index in [0.717, 1.165) is 27.6 Å². The van der Waals surface area contributed by atoms with Crippen molar-refractivity contribution < 1.29 is 4.79 Å². The molecule has 0 saturated carbocycles. The second kappa shape index (κ2) is 9.71. The number of fused-ring (bicyclic) bond motifs is 1. The second-order valence-corrected chi connectivity index (χ2v) is 10.7. The minimum absolute atomic E-state index is 0.145. The number of aryl methyl sites for hydroxylation is 3. The lowest BCUT2D eigenvalue weighted by molar-refractivity contribution is -0.113. The maximum atomic E-state index is 13.6. The van der Waals surface area contributed by atoms with Crippen molar-refractivity contribution >= 4 is 40.6 Å². The Balaban J connectivity index is 1.46. The van der Waals surface area contributed by atoms with Crippen LogP contribution in [-0.4, -0.2) is 20.7 Å². The molecule has 8 heteroatoms. The van der Waals surface area contributed by atoms with Gasteiger partial charge in [0.25, 0.3) is 5.91 Å². The summed E-state index contributed by atoms with van der Waals surface area (Å²) < 4.78 is 1.84. The molecular formula is C27H27N5OS2. The van der Waals surface area contributed by atoms with E-state index in [9.17, 15) is 4.79 Å². The summed E-state index contributed by atoms with van der Waals surface area (Å²) in [5.41, 5.74) is 7.01. The average Bonchev–Trinajstić information content (AvgIpc) is 3.50. The third kappa shape index (κ3) is 4.76. The highest BCUT2D eigenvalue weighted by Gasteiger charge is 2.35. The number of benzene rings is 2. The number of anilines is 2. The number of hydrogen-bond acceptors (Lipinski definition) is 6. The van der Waals surface area contributed by atoms with Crippen molar-refractivity contribution in [2.75, 3.05) is 10.6 Å². The molecule has 0 aliphatic carbocycles. The summed E-state index contributed by atoms with van der Waals surface area (Å²) in [4.78, 5) is 19.4. The van der Waals surface area contributed by atoms with Gasteiger partial charge in [0.15, 0.2) is 0 Å². The lowest BCUT2D eigenvalue weighted by Crippen LogP contribution is -2.31. The van der Waals surface area contributed by atoms with Crippen LogP contribution < -0.4 is 10.6 Å². The van der Waals surface area contributed by atoms with E-state index in [2.05, 4.69) is 42.7 Å². The predicted molar refractivity (Wildman–Crippen MR) is 144 cm³/mol. The average molecular weight is 502 g/mol. The van der Waals surface area contributed by atoms with Gasteiger partial charge in [0, 0.05) is 22.0 Å². The van der Waals surface area contributed by atoms with Crippen molar-refractivity contribution in [1.29, 1.82) is 0 Å². The first-order valence-corrected chi connectivity index (χ1v) is 13.3. The molecule has 2 N–H and O–H groups in total. The van der Waals surface area contributed by atoms with Crippen LogP contribution in [0.5, 0.6) is 0 Å². The third-order valence-electron chi connectivity index (χ3n) is 6.15. The molecule has 4 aromatic rings. The van der Waals surface area contributed by atoms with Crippen LogP contribution >= 0.6 is 23.1 Å². The number of aromatic nitrogens is 3. The van der Waals surface area contributed by atoms with Crippen molar-refractivity contribution in [1.82, 2.24) is 14.8 Å². The molecule has 1 atom stereocenters. The summed E-state index contributed by atoms with van der Waals surface area (Å²) in [6.45, 7) is 8.15. The van der Waals surface area contributed by atoms with Gasteiger partial charge in [-0.2, -0.15) is 4.98 Å². The van der Waals surface area contributed by atoms with Crippen LogP contribution in [0.4, 0.5) is 11.6 Å². The van der Waals surface area contributed by atoms with Gasteiger partial charge >= 0.3 is 0 Å². The van der Waals surface area contributed by atoms with Crippen molar-refractivity contribution in [3.8, 4) is 0 Å². The van der Waals surface area contributed by atoms with Gasteiger partial charge in [-0.3, -0.25) is 4.79 Å². The first-order chi connectivity index (χ1) is 16.9. The van der Waals surface area contributed by atoms with Crippen LogP contribution in [-0.2, 0) is 10.5 Å². The van der Waals surface area contributed by atoms with Crippen LogP contribution in [0.1, 0.15) is 40.1 Å². The minimum atomic E-state index is -0.349. The monoisotopic (exact) mass is 501 g/mol. The Hall–Kier alpha value is -3.36. The Labute approximate surface area is 213 Å². The van der Waals surface area contributed by atoms with Crippen molar-refractivity contribution in [3.05, 3.63) is 98.4 Å². The smallest absolute Gasteiger partial charge is 0.255 e. The molecule has 1 aliphatic rings. The molecule has 178 valence electrons. The van der Waals surface area contributed by atoms with Crippen LogP contribution in [0.2, 0.25) is 0 Å². The van der Waals surface area contributed by atoms with Gasteiger partial charge in [-0.15, -0.1) is 16.4 Å². The summed E-state index contributed by atoms with van der Waals surface area (Å²) in [6, 6.07) is 18.0. The highest BCUT2D eigenvalue weighted by Crippen LogP contribution is 2.39. The number of thioether (sulfide) groups is 1. The summed E-state index contributed by atoms with van der Waals surface area (Å²) in [5, 5.41) is 14.0. The Morgan fingerprint density at radius 2 is 1.91 bits per heavy atom. The maximum Gasteiger partial charge on any atom is 0.255 e. The fourth-order valence-corrected chi connectivity index (χ4v) is 5.91. The number of nitrogens with zero attached hydrogens (tertiary/aromatic N) is 3. The van der Waals surface area contributed by atoms with Crippen molar-refractivity contribution in [2.45, 2.75) is 44.6 Å². The number of carbonyl (C=O) groups excluding carboxylic acids is 1. The Morgan fingerprint density at radius 3 is 2.69 bits per heavy atom. The standard InChI is InChI=1S/C27H27N5OS2/c1-16-11-12-17(2)20(14-16)15-35-27-30-26-28-19(4)23(24(32(26)31-27)22-10-7-13-34-22)25(33)29-21-9-6-5-8-18(21)3/h5-14,24H,15H2,1-4H3,(H,29,33)(H,28,30,31)/t24-/m0/s1. The molecule has 5 rings (SSSR count). The normalized spacial score (nSPS) is 15.0. The molecule has 35 heavy (non-hydrogen) atoms. The molecule has 3 heterocycles. The molecule has 0 fully saturated rings. The molecule has 0 radical (unpaired) electrons. The van der Waals surface area contributed by atoms with E-state index >= 15 is 0 Å². The van der Waals surface area contributed by atoms with Gasteiger partial charge in [-0.25, -0.2) is 4.68 Å². The molecule has 6 nitrogen and oxygen atoms in total. The zero-order chi connectivity index (χ0) is 24.5. The van der Waals surface area contributed by atoms with E-state index in [1.54, 1.807) is 23.1 Å². The SMILES string of the molecule is CC1=C(C(=O)Nc2ccccc2C)[C@H](c2cccs2)n2nc(SCc3cc(C)ccc3C)nc2N1. The lowest BCUT2D eigenvalue weighted by atomic mass is 10.0. The first-order valence-electron chi connectivity index (χ1n) is 11.4. The number of nitrogens with one attached hydrogen (secondary N) is 2. The van der Waals surface area contributed by atoms with Gasteiger partial charge < -0.3 is 10.6 Å². The third-order valence-corrected chi connectivity index (χ3v) is 7.96. The largest absolute Gasteiger partial charge is 0.328 e. The number of carbonyl (C=O) groups is 1. The molecule has 1 aliphatic heterocycles. The number of hydrogen-bond donors (Lipinski definition) is 2. The van der Waals surface area contributed by atoms with Crippen LogP contribution in [0.15, 0.2) is 76.4 Å². The number of rotatable bonds is 6. The quantitative estimate of drug-likeness (QED) is 0.296. The Bertz CT molecular complexity index is 1420. The molecule has 0 bridgehead atoms. The molecule has 0 unspecified atom stereocenters. The second-order valence-electron chi connectivity index (χ2n) is 8.73. The summed E-state index contributed by atoms with van der Waals surface area (Å²) in [7, 11) is 0. The molecule has 2 aromatic heterocycles. The first kappa shape index (κ1) is 23.4. The number of amides is 1. The highest BCUT2D eigenvalue weighted by atomic mass is 32.2. The molecule has 0 saturated heterocycles. The van der Waals surface area contributed by atoms with Gasteiger partial charge in [0.1, 0.15) is 6.04 Å². The molecule has 2 aromatic carbocycles. The van der Waals surface area contributed by atoms with E-state index in [-0.39, 0.29) is 11.9 Å². The highest BCUT2D eigenvalue weighted by molar-refractivity contribution is 7.98. The molecular weight excluding hydrogens is 474 g/mol. The Morgan fingerprint density at radius 1 is 1.09 bits per heavy atom. The Kier molecular flexibility index (Phi) is 6.49. The van der Waals surface area contributed by atoms with Gasteiger partial charge in [0.2, 0.25) is 11.1 Å². The van der Waals surface area contributed by atoms with Gasteiger partial charge in [-0.05, 0) is 61.9 Å². The number of allylic oxidation sites excluding steroid dienone is 1. The minimum Gasteiger partial charge on any atom is -0.328 e. The van der Waals surface area contributed by atoms with E-state index in [1.807, 2.05) is 60.3 Å². The van der Waals surface area contributed by atoms with Crippen molar-refractivity contribution in [3.63, 3.8) is 0 Å².